The Morgan fingerprint density at radius 2 is 1.88 bits per heavy atom. The van der Waals surface area contributed by atoms with Gasteiger partial charge in [0, 0.05) is 16.9 Å². The van der Waals surface area contributed by atoms with Crippen LogP contribution in [0.25, 0.3) is 10.9 Å². The van der Waals surface area contributed by atoms with Gasteiger partial charge in [-0.2, -0.15) is 0 Å². The van der Waals surface area contributed by atoms with Gasteiger partial charge in [-0.25, -0.2) is 0 Å². The summed E-state index contributed by atoms with van der Waals surface area (Å²) in [6.45, 7) is -0.183. The van der Waals surface area contributed by atoms with Crippen molar-refractivity contribution in [3.63, 3.8) is 0 Å². The standard InChI is InChI=1S/C19H23N3O4/c23-17(22-15-9-3-1-2-7-13(15)19(25)26)11-20-18(24)16-10-12-6-4-5-8-14(12)21-16/h4-6,8,10,13,15,21H,1-3,7,9,11H2,(H,20,24)(H,22,23)(H,25,26)/t13-,15+/m1/s1. The number of nitrogens with one attached hydrogen (secondary N) is 3. The van der Waals surface area contributed by atoms with Gasteiger partial charge in [0.1, 0.15) is 5.69 Å². The van der Waals surface area contributed by atoms with E-state index in [0.717, 1.165) is 30.2 Å². The Kier molecular flexibility index (Phi) is 5.55. The van der Waals surface area contributed by atoms with Gasteiger partial charge in [0.2, 0.25) is 5.91 Å². The Balaban J connectivity index is 1.55. The van der Waals surface area contributed by atoms with E-state index in [9.17, 15) is 19.5 Å². The highest BCUT2D eigenvalue weighted by molar-refractivity contribution is 5.99. The van der Waals surface area contributed by atoms with E-state index in [1.54, 1.807) is 6.07 Å². The van der Waals surface area contributed by atoms with Crippen molar-refractivity contribution in [2.24, 2.45) is 5.92 Å². The molecule has 1 saturated carbocycles. The van der Waals surface area contributed by atoms with Gasteiger partial charge >= 0.3 is 5.97 Å². The van der Waals surface area contributed by atoms with E-state index in [-0.39, 0.29) is 24.4 Å². The first-order valence-corrected chi connectivity index (χ1v) is 8.92. The molecule has 0 aliphatic heterocycles. The molecule has 0 radical (unpaired) electrons. The number of carboxylic acid groups (broad SMARTS) is 1. The van der Waals surface area contributed by atoms with E-state index in [4.69, 9.17) is 0 Å². The first kappa shape index (κ1) is 18.0. The van der Waals surface area contributed by atoms with Crippen molar-refractivity contribution >= 4 is 28.7 Å². The summed E-state index contributed by atoms with van der Waals surface area (Å²) in [6, 6.07) is 8.88. The molecule has 2 amide bonds. The van der Waals surface area contributed by atoms with Crippen LogP contribution in [-0.2, 0) is 9.59 Å². The zero-order valence-electron chi connectivity index (χ0n) is 14.5. The smallest absolute Gasteiger partial charge is 0.308 e. The van der Waals surface area contributed by atoms with Crippen molar-refractivity contribution in [2.45, 2.75) is 38.1 Å². The summed E-state index contributed by atoms with van der Waals surface area (Å²) in [5, 5.41) is 15.6. The highest BCUT2D eigenvalue weighted by atomic mass is 16.4. The Morgan fingerprint density at radius 3 is 2.65 bits per heavy atom. The minimum Gasteiger partial charge on any atom is -0.481 e. The van der Waals surface area contributed by atoms with Crippen LogP contribution in [-0.4, -0.2) is 40.5 Å². The average Bonchev–Trinajstić information content (AvgIpc) is 2.92. The van der Waals surface area contributed by atoms with Crippen molar-refractivity contribution < 1.29 is 19.5 Å². The van der Waals surface area contributed by atoms with Crippen LogP contribution in [0.1, 0.15) is 42.6 Å². The summed E-state index contributed by atoms with van der Waals surface area (Å²) in [5.41, 5.74) is 1.24. The van der Waals surface area contributed by atoms with Crippen LogP contribution in [0.4, 0.5) is 0 Å². The van der Waals surface area contributed by atoms with Crippen molar-refractivity contribution in [1.29, 1.82) is 0 Å². The molecule has 7 nitrogen and oxygen atoms in total. The Hall–Kier alpha value is -2.83. The molecule has 1 aromatic carbocycles. The lowest BCUT2D eigenvalue weighted by molar-refractivity contribution is -0.143. The molecule has 26 heavy (non-hydrogen) atoms. The second kappa shape index (κ2) is 8.03. The fourth-order valence-corrected chi connectivity index (χ4v) is 3.49. The van der Waals surface area contributed by atoms with Crippen molar-refractivity contribution in [1.82, 2.24) is 15.6 Å². The summed E-state index contributed by atoms with van der Waals surface area (Å²) in [7, 11) is 0. The van der Waals surface area contributed by atoms with Gasteiger partial charge in [-0.15, -0.1) is 0 Å². The quantitative estimate of drug-likeness (QED) is 0.614. The molecule has 1 aromatic heterocycles. The van der Waals surface area contributed by atoms with Crippen molar-refractivity contribution in [2.75, 3.05) is 6.54 Å². The van der Waals surface area contributed by atoms with Crippen LogP contribution >= 0.6 is 0 Å². The number of carboxylic acids is 1. The van der Waals surface area contributed by atoms with Crippen LogP contribution in [0.5, 0.6) is 0 Å². The summed E-state index contributed by atoms with van der Waals surface area (Å²) in [4.78, 5) is 38.8. The molecular formula is C19H23N3O4. The lowest BCUT2D eigenvalue weighted by atomic mass is 9.95. The van der Waals surface area contributed by atoms with Crippen LogP contribution in [0.2, 0.25) is 0 Å². The van der Waals surface area contributed by atoms with Gasteiger partial charge in [-0.3, -0.25) is 14.4 Å². The monoisotopic (exact) mass is 357 g/mol. The Morgan fingerprint density at radius 1 is 1.12 bits per heavy atom. The number of carbonyl (C=O) groups is 3. The molecule has 2 atom stereocenters. The van der Waals surface area contributed by atoms with Crippen molar-refractivity contribution in [3.8, 4) is 0 Å². The normalized spacial score (nSPS) is 20.3. The molecule has 1 aliphatic rings. The number of aromatic amines is 1. The number of aromatic nitrogens is 1. The molecule has 0 unspecified atom stereocenters. The zero-order chi connectivity index (χ0) is 18.5. The molecule has 4 N–H and O–H groups in total. The van der Waals surface area contributed by atoms with Gasteiger partial charge in [-0.1, -0.05) is 37.5 Å². The molecule has 1 heterocycles. The predicted molar refractivity (Wildman–Crippen MR) is 96.8 cm³/mol. The van der Waals surface area contributed by atoms with Gasteiger partial charge in [0.25, 0.3) is 5.91 Å². The number of hydrogen-bond donors (Lipinski definition) is 4. The van der Waals surface area contributed by atoms with E-state index >= 15 is 0 Å². The van der Waals surface area contributed by atoms with E-state index < -0.39 is 11.9 Å². The molecule has 0 saturated heterocycles. The number of carbonyl (C=O) groups excluding carboxylic acids is 2. The van der Waals surface area contributed by atoms with Gasteiger partial charge in [0.15, 0.2) is 0 Å². The second-order valence-electron chi connectivity index (χ2n) is 6.71. The van der Waals surface area contributed by atoms with Crippen LogP contribution in [0, 0.1) is 5.92 Å². The van der Waals surface area contributed by atoms with Gasteiger partial charge in [0.05, 0.1) is 12.5 Å². The largest absolute Gasteiger partial charge is 0.481 e. The molecule has 1 aliphatic carbocycles. The third-order valence-corrected chi connectivity index (χ3v) is 4.86. The number of benzene rings is 1. The molecule has 0 spiro atoms. The summed E-state index contributed by atoms with van der Waals surface area (Å²) in [6.07, 6.45) is 3.96. The maximum Gasteiger partial charge on any atom is 0.308 e. The van der Waals surface area contributed by atoms with Gasteiger partial charge in [-0.05, 0) is 25.0 Å². The molecular weight excluding hydrogens is 334 g/mol. The summed E-state index contributed by atoms with van der Waals surface area (Å²) in [5.74, 6) is -2.18. The fourth-order valence-electron chi connectivity index (χ4n) is 3.49. The first-order chi connectivity index (χ1) is 12.5. The molecule has 7 heteroatoms. The lowest BCUT2D eigenvalue weighted by Crippen LogP contribution is -2.46. The van der Waals surface area contributed by atoms with E-state index in [2.05, 4.69) is 15.6 Å². The SMILES string of the molecule is O=C(CNC(=O)c1cc2ccccc2[nH]1)N[C@H]1CCCCC[C@H]1C(=O)O. The lowest BCUT2D eigenvalue weighted by Gasteiger charge is -2.22. The van der Waals surface area contributed by atoms with Crippen LogP contribution < -0.4 is 10.6 Å². The third-order valence-electron chi connectivity index (χ3n) is 4.86. The Labute approximate surface area is 151 Å². The minimum atomic E-state index is -0.876. The minimum absolute atomic E-state index is 0.183. The number of fused-ring (bicyclic) bond motifs is 1. The van der Waals surface area contributed by atoms with Gasteiger partial charge < -0.3 is 20.7 Å². The van der Waals surface area contributed by atoms with Crippen LogP contribution in [0.15, 0.2) is 30.3 Å². The van der Waals surface area contributed by atoms with Crippen LogP contribution in [0.3, 0.4) is 0 Å². The van der Waals surface area contributed by atoms with E-state index in [0.29, 0.717) is 18.5 Å². The third kappa shape index (κ3) is 4.22. The molecule has 2 aromatic rings. The molecule has 1 fully saturated rings. The summed E-state index contributed by atoms with van der Waals surface area (Å²) >= 11 is 0. The maximum absolute atomic E-state index is 12.2. The maximum atomic E-state index is 12.2. The zero-order valence-corrected chi connectivity index (χ0v) is 14.5. The van der Waals surface area contributed by atoms with Crippen molar-refractivity contribution in [3.05, 3.63) is 36.0 Å². The highest BCUT2D eigenvalue weighted by Gasteiger charge is 2.30. The Bertz CT molecular complexity index is 781. The predicted octanol–water partition coefficient (Wildman–Crippen LogP) is 2.05. The molecule has 138 valence electrons. The number of hydrogen-bond acceptors (Lipinski definition) is 3. The number of H-pyrrole nitrogens is 1. The molecule has 0 bridgehead atoms. The van der Waals surface area contributed by atoms with E-state index in [1.807, 2.05) is 24.3 Å². The van der Waals surface area contributed by atoms with E-state index in [1.165, 1.54) is 0 Å². The topological polar surface area (TPSA) is 111 Å². The average molecular weight is 357 g/mol. The number of para-hydroxylation sites is 1. The second-order valence-corrected chi connectivity index (χ2v) is 6.71. The number of aliphatic carboxylic acids is 1. The molecule has 3 rings (SSSR count). The number of amides is 2. The fraction of sp³-hybridized carbons (Fsp3) is 0.421. The first-order valence-electron chi connectivity index (χ1n) is 8.92. The summed E-state index contributed by atoms with van der Waals surface area (Å²) < 4.78 is 0. The highest BCUT2D eigenvalue weighted by Crippen LogP contribution is 2.23. The number of rotatable bonds is 5.